The highest BCUT2D eigenvalue weighted by Crippen LogP contribution is 2.42. The maximum atomic E-state index is 12.7. The van der Waals surface area contributed by atoms with Crippen LogP contribution in [-0.4, -0.2) is 28.7 Å². The summed E-state index contributed by atoms with van der Waals surface area (Å²) in [5, 5.41) is 15.9. The summed E-state index contributed by atoms with van der Waals surface area (Å²) in [5.41, 5.74) is 3.18. The second-order valence-electron chi connectivity index (χ2n) is 6.94. The summed E-state index contributed by atoms with van der Waals surface area (Å²) >= 11 is 3.48. The van der Waals surface area contributed by atoms with E-state index in [9.17, 15) is 19.7 Å². The Kier molecular flexibility index (Phi) is 4.38. The monoisotopic (exact) mass is 453 g/mol. The van der Waals surface area contributed by atoms with E-state index in [0.29, 0.717) is 22.0 Å². The number of carbonyl (C=O) groups excluding carboxylic acids is 2. The Morgan fingerprint density at radius 1 is 1.03 bits per heavy atom. The van der Waals surface area contributed by atoms with Gasteiger partial charge in [0.25, 0.3) is 17.5 Å². The van der Waals surface area contributed by atoms with Crippen molar-refractivity contribution in [3.05, 3.63) is 73.2 Å². The third-order valence-electron chi connectivity index (χ3n) is 5.39. The molecule has 0 saturated carbocycles. The van der Waals surface area contributed by atoms with Crippen molar-refractivity contribution >= 4 is 55.6 Å². The van der Waals surface area contributed by atoms with Gasteiger partial charge < -0.3 is 5.32 Å². The van der Waals surface area contributed by atoms with E-state index >= 15 is 0 Å². The first-order chi connectivity index (χ1) is 13.7. The number of hydrogen-bond acceptors (Lipinski definition) is 5. The molecule has 0 fully saturated rings. The van der Waals surface area contributed by atoms with Crippen LogP contribution in [0, 0.1) is 24.0 Å². The average Bonchev–Trinajstić information content (AvgIpc) is 2.70. The number of amides is 2. The van der Waals surface area contributed by atoms with Gasteiger partial charge in [0, 0.05) is 39.6 Å². The van der Waals surface area contributed by atoms with Gasteiger partial charge in [0.1, 0.15) is 5.69 Å². The Bertz CT molecular complexity index is 1250. The van der Waals surface area contributed by atoms with Crippen LogP contribution in [0.3, 0.4) is 0 Å². The Morgan fingerprint density at radius 2 is 1.72 bits per heavy atom. The lowest BCUT2D eigenvalue weighted by Crippen LogP contribution is -2.37. The molecule has 1 aliphatic rings. The van der Waals surface area contributed by atoms with Gasteiger partial charge in [-0.3, -0.25) is 24.6 Å². The molecule has 4 rings (SSSR count). The number of carbonyl (C=O) groups is 2. The van der Waals surface area contributed by atoms with Crippen LogP contribution in [-0.2, 0) is 0 Å². The molecular weight excluding hydrogens is 438 g/mol. The summed E-state index contributed by atoms with van der Waals surface area (Å²) in [6.45, 7) is 3.87. The predicted molar refractivity (Wildman–Crippen MR) is 114 cm³/mol. The van der Waals surface area contributed by atoms with Crippen molar-refractivity contribution in [1.29, 1.82) is 0 Å². The van der Waals surface area contributed by atoms with E-state index in [2.05, 4.69) is 21.2 Å². The van der Waals surface area contributed by atoms with E-state index in [4.69, 9.17) is 0 Å². The molecule has 0 atom stereocenters. The molecule has 3 aromatic carbocycles. The van der Waals surface area contributed by atoms with Crippen molar-refractivity contribution in [2.45, 2.75) is 13.8 Å². The molecule has 3 aromatic rings. The minimum Gasteiger partial charge on any atom is -0.349 e. The SMILES string of the molecule is Cc1c(Br)ccc(Nc2c([N+](=O)[O-])cc3c4c(cccc24)C(=O)N(C)C3=O)c1C. The van der Waals surface area contributed by atoms with Crippen LogP contribution in [0.15, 0.2) is 40.9 Å². The molecule has 0 unspecified atom stereocenters. The Morgan fingerprint density at radius 3 is 2.41 bits per heavy atom. The van der Waals surface area contributed by atoms with Gasteiger partial charge in [-0.1, -0.05) is 28.1 Å². The maximum absolute atomic E-state index is 12.7. The topological polar surface area (TPSA) is 92.6 Å². The number of rotatable bonds is 3. The van der Waals surface area contributed by atoms with Crippen LogP contribution >= 0.6 is 15.9 Å². The highest BCUT2D eigenvalue weighted by Gasteiger charge is 2.34. The summed E-state index contributed by atoms with van der Waals surface area (Å²) in [6.07, 6.45) is 0. The fraction of sp³-hybridized carbons (Fsp3) is 0.143. The highest BCUT2D eigenvalue weighted by molar-refractivity contribution is 9.10. The highest BCUT2D eigenvalue weighted by atomic mass is 79.9. The molecule has 1 heterocycles. The molecule has 7 nitrogen and oxygen atoms in total. The van der Waals surface area contributed by atoms with E-state index < -0.39 is 16.7 Å². The van der Waals surface area contributed by atoms with Crippen LogP contribution in [0.25, 0.3) is 10.8 Å². The third kappa shape index (κ3) is 2.79. The van der Waals surface area contributed by atoms with E-state index in [-0.39, 0.29) is 16.9 Å². The number of nitro groups is 1. The number of nitro benzene ring substituents is 1. The molecule has 0 spiro atoms. The molecule has 2 amide bonds. The number of imide groups is 1. The first-order valence-electron chi connectivity index (χ1n) is 8.81. The first-order valence-corrected chi connectivity index (χ1v) is 9.61. The lowest BCUT2D eigenvalue weighted by molar-refractivity contribution is -0.383. The molecule has 0 aromatic heterocycles. The zero-order valence-corrected chi connectivity index (χ0v) is 17.5. The summed E-state index contributed by atoms with van der Waals surface area (Å²) in [7, 11) is 1.37. The standard InChI is InChI=1S/C21H16BrN3O4/c1-10-11(2)16(8-7-15(10)22)23-19-12-5-4-6-13-18(12)14(9-17(19)25(28)29)21(27)24(3)20(13)26/h4-9,23H,1-3H3. The van der Waals surface area contributed by atoms with Gasteiger partial charge in [0.05, 0.1) is 10.5 Å². The summed E-state index contributed by atoms with van der Waals surface area (Å²) in [5.74, 6) is -0.979. The number of halogens is 1. The fourth-order valence-electron chi connectivity index (χ4n) is 3.60. The van der Waals surface area contributed by atoms with Gasteiger partial charge in [0.2, 0.25) is 0 Å². The second-order valence-corrected chi connectivity index (χ2v) is 7.80. The summed E-state index contributed by atoms with van der Waals surface area (Å²) < 4.78 is 0.936. The summed E-state index contributed by atoms with van der Waals surface area (Å²) in [4.78, 5) is 37.6. The largest absolute Gasteiger partial charge is 0.349 e. The Balaban J connectivity index is 2.05. The smallest absolute Gasteiger partial charge is 0.294 e. The van der Waals surface area contributed by atoms with Gasteiger partial charge in [-0.25, -0.2) is 0 Å². The van der Waals surface area contributed by atoms with Crippen LogP contribution in [0.2, 0.25) is 0 Å². The zero-order valence-electron chi connectivity index (χ0n) is 15.9. The molecule has 29 heavy (non-hydrogen) atoms. The van der Waals surface area contributed by atoms with Crippen LogP contribution in [0.1, 0.15) is 31.8 Å². The molecule has 0 aliphatic carbocycles. The van der Waals surface area contributed by atoms with Crippen molar-refractivity contribution in [3.8, 4) is 0 Å². The minimum atomic E-state index is -0.552. The van der Waals surface area contributed by atoms with E-state index in [1.54, 1.807) is 18.2 Å². The van der Waals surface area contributed by atoms with E-state index in [0.717, 1.165) is 20.5 Å². The van der Waals surface area contributed by atoms with E-state index in [1.807, 2.05) is 26.0 Å². The first kappa shape index (κ1) is 19.1. The number of hydrogen-bond donors (Lipinski definition) is 1. The second kappa shape index (κ2) is 6.66. The molecule has 0 saturated heterocycles. The molecule has 146 valence electrons. The molecule has 8 heteroatoms. The quantitative estimate of drug-likeness (QED) is 0.338. The van der Waals surface area contributed by atoms with Crippen molar-refractivity contribution in [1.82, 2.24) is 4.90 Å². The zero-order chi connectivity index (χ0) is 21.0. The van der Waals surface area contributed by atoms with Gasteiger partial charge in [0.15, 0.2) is 0 Å². The van der Waals surface area contributed by atoms with Crippen molar-refractivity contribution < 1.29 is 14.5 Å². The number of anilines is 2. The minimum absolute atomic E-state index is 0.152. The number of benzene rings is 3. The van der Waals surface area contributed by atoms with Crippen molar-refractivity contribution in [3.63, 3.8) is 0 Å². The van der Waals surface area contributed by atoms with Gasteiger partial charge in [-0.2, -0.15) is 0 Å². The van der Waals surface area contributed by atoms with Gasteiger partial charge in [-0.05, 0) is 43.2 Å². The maximum Gasteiger partial charge on any atom is 0.294 e. The van der Waals surface area contributed by atoms with Gasteiger partial charge in [-0.15, -0.1) is 0 Å². The third-order valence-corrected chi connectivity index (χ3v) is 6.25. The van der Waals surface area contributed by atoms with Crippen LogP contribution in [0.5, 0.6) is 0 Å². The van der Waals surface area contributed by atoms with Crippen molar-refractivity contribution in [2.75, 3.05) is 12.4 Å². The van der Waals surface area contributed by atoms with Crippen LogP contribution in [0.4, 0.5) is 17.1 Å². The van der Waals surface area contributed by atoms with E-state index in [1.165, 1.54) is 13.1 Å². The molecule has 0 radical (unpaired) electrons. The molecular formula is C21H16BrN3O4. The Hall–Kier alpha value is -3.26. The normalized spacial score (nSPS) is 13.2. The van der Waals surface area contributed by atoms with Gasteiger partial charge >= 0.3 is 0 Å². The number of nitrogens with one attached hydrogen (secondary N) is 1. The lowest BCUT2D eigenvalue weighted by Gasteiger charge is -2.25. The lowest BCUT2D eigenvalue weighted by atomic mass is 9.92. The Labute approximate surface area is 174 Å². The molecule has 1 N–H and O–H groups in total. The van der Waals surface area contributed by atoms with Crippen LogP contribution < -0.4 is 5.32 Å². The number of nitrogens with zero attached hydrogens (tertiary/aromatic N) is 2. The molecule has 1 aliphatic heterocycles. The molecule has 0 bridgehead atoms. The fourth-order valence-corrected chi connectivity index (χ4v) is 4.03. The predicted octanol–water partition coefficient (Wildman–Crippen LogP) is 5.10. The average molecular weight is 454 g/mol. The summed E-state index contributed by atoms with van der Waals surface area (Å²) in [6, 6.07) is 9.92. The van der Waals surface area contributed by atoms with Crippen molar-refractivity contribution in [2.24, 2.45) is 0 Å².